The van der Waals surface area contributed by atoms with Crippen molar-refractivity contribution in [2.24, 2.45) is 0 Å². The summed E-state index contributed by atoms with van der Waals surface area (Å²) >= 11 is 0. The molecule has 0 aliphatic carbocycles. The Morgan fingerprint density at radius 1 is 1.24 bits per heavy atom. The summed E-state index contributed by atoms with van der Waals surface area (Å²) in [5.41, 5.74) is 0.350. The Labute approximate surface area is 125 Å². The van der Waals surface area contributed by atoms with E-state index in [0.717, 1.165) is 39.3 Å². The third-order valence-electron chi connectivity index (χ3n) is 3.01. The topological polar surface area (TPSA) is 79.9 Å². The fraction of sp³-hybridized carbons (Fsp3) is 0.714. The summed E-state index contributed by atoms with van der Waals surface area (Å²) in [6, 6.07) is -0.247. The number of esters is 1. The van der Waals surface area contributed by atoms with Gasteiger partial charge in [0.2, 0.25) is 0 Å². The smallest absolute Gasteiger partial charge is 0.333 e. The molecule has 0 radical (unpaired) electrons. The maximum absolute atomic E-state index is 11.5. The third-order valence-corrected chi connectivity index (χ3v) is 3.01. The molecule has 7 nitrogen and oxygen atoms in total. The minimum absolute atomic E-state index is 0.146. The molecule has 21 heavy (non-hydrogen) atoms. The van der Waals surface area contributed by atoms with Crippen molar-refractivity contribution in [3.63, 3.8) is 0 Å². The minimum atomic E-state index is -0.442. The van der Waals surface area contributed by atoms with Crippen LogP contribution < -0.4 is 10.6 Å². The molecular weight excluding hydrogens is 274 g/mol. The summed E-state index contributed by atoms with van der Waals surface area (Å²) in [6.07, 6.45) is 0.901. The van der Waals surface area contributed by atoms with E-state index in [1.54, 1.807) is 6.92 Å². The molecule has 0 aromatic rings. The molecule has 0 unspecified atom stereocenters. The molecule has 0 saturated carbocycles. The monoisotopic (exact) mass is 299 g/mol. The Balaban J connectivity index is 1.93. The van der Waals surface area contributed by atoms with Gasteiger partial charge in [0.1, 0.15) is 6.61 Å². The molecule has 1 aliphatic rings. The van der Waals surface area contributed by atoms with E-state index in [1.807, 2.05) is 0 Å². The Bertz CT molecular complexity index is 354. The molecule has 0 atom stereocenters. The maximum Gasteiger partial charge on any atom is 0.333 e. The lowest BCUT2D eigenvalue weighted by Crippen LogP contribution is -2.40. The van der Waals surface area contributed by atoms with Crippen molar-refractivity contribution >= 4 is 12.0 Å². The van der Waals surface area contributed by atoms with E-state index in [-0.39, 0.29) is 19.2 Å². The van der Waals surface area contributed by atoms with Crippen molar-refractivity contribution in [3.05, 3.63) is 12.2 Å². The van der Waals surface area contributed by atoms with Gasteiger partial charge in [-0.05, 0) is 19.9 Å². The van der Waals surface area contributed by atoms with Gasteiger partial charge >= 0.3 is 12.0 Å². The van der Waals surface area contributed by atoms with Crippen molar-refractivity contribution in [2.75, 3.05) is 52.5 Å². The van der Waals surface area contributed by atoms with Crippen molar-refractivity contribution in [3.8, 4) is 0 Å². The number of rotatable bonds is 8. The highest BCUT2D eigenvalue weighted by Crippen LogP contribution is 1.97. The molecule has 1 aliphatic heterocycles. The second-order valence-electron chi connectivity index (χ2n) is 4.91. The average Bonchev–Trinajstić information content (AvgIpc) is 2.49. The van der Waals surface area contributed by atoms with Crippen LogP contribution in [0.2, 0.25) is 0 Å². The van der Waals surface area contributed by atoms with Crippen LogP contribution in [0.3, 0.4) is 0 Å². The summed E-state index contributed by atoms with van der Waals surface area (Å²) in [7, 11) is 0. The van der Waals surface area contributed by atoms with Gasteiger partial charge < -0.3 is 20.1 Å². The summed E-state index contributed by atoms with van der Waals surface area (Å²) in [5, 5.41) is 5.39. The second-order valence-corrected chi connectivity index (χ2v) is 4.91. The summed E-state index contributed by atoms with van der Waals surface area (Å²) in [4.78, 5) is 24.9. The fourth-order valence-electron chi connectivity index (χ4n) is 1.82. The number of nitrogens with zero attached hydrogens (tertiary/aromatic N) is 1. The lowest BCUT2D eigenvalue weighted by molar-refractivity contribution is -0.138. The van der Waals surface area contributed by atoms with Crippen LogP contribution in [0.1, 0.15) is 13.3 Å². The lowest BCUT2D eigenvalue weighted by Gasteiger charge is -2.26. The first-order valence-corrected chi connectivity index (χ1v) is 7.24. The average molecular weight is 299 g/mol. The summed E-state index contributed by atoms with van der Waals surface area (Å²) < 4.78 is 10.1. The van der Waals surface area contributed by atoms with E-state index in [0.29, 0.717) is 12.1 Å². The van der Waals surface area contributed by atoms with Gasteiger partial charge in [-0.1, -0.05) is 6.58 Å². The van der Waals surface area contributed by atoms with Gasteiger partial charge in [0.05, 0.1) is 19.8 Å². The number of nitrogens with one attached hydrogen (secondary N) is 2. The number of amides is 2. The van der Waals surface area contributed by atoms with Crippen LogP contribution in [0.25, 0.3) is 0 Å². The predicted molar refractivity (Wildman–Crippen MR) is 79.1 cm³/mol. The Morgan fingerprint density at radius 2 is 1.90 bits per heavy atom. The van der Waals surface area contributed by atoms with Gasteiger partial charge in [0.25, 0.3) is 0 Å². The van der Waals surface area contributed by atoms with E-state index in [4.69, 9.17) is 9.47 Å². The number of ether oxygens (including phenoxy) is 2. The van der Waals surface area contributed by atoms with Crippen LogP contribution in [0.4, 0.5) is 4.79 Å². The Morgan fingerprint density at radius 3 is 2.57 bits per heavy atom. The molecule has 0 bridgehead atoms. The van der Waals surface area contributed by atoms with Gasteiger partial charge in [-0.2, -0.15) is 0 Å². The molecule has 0 spiro atoms. The van der Waals surface area contributed by atoms with E-state index in [1.165, 1.54) is 0 Å². The molecule has 0 aromatic carbocycles. The number of hydrogen-bond acceptors (Lipinski definition) is 5. The van der Waals surface area contributed by atoms with Gasteiger partial charge in [-0.3, -0.25) is 4.90 Å². The zero-order valence-corrected chi connectivity index (χ0v) is 12.7. The van der Waals surface area contributed by atoms with Crippen LogP contribution in [0.15, 0.2) is 12.2 Å². The minimum Gasteiger partial charge on any atom is -0.460 e. The quantitative estimate of drug-likeness (QED) is 0.378. The van der Waals surface area contributed by atoms with E-state index < -0.39 is 5.97 Å². The van der Waals surface area contributed by atoms with Gasteiger partial charge in [0.15, 0.2) is 0 Å². The standard InChI is InChI=1S/C14H25N3O4/c1-12(2)13(18)21-9-5-16-14(19)15-4-3-6-17-7-10-20-11-8-17/h1,3-11H2,2H3,(H2,15,16,19). The molecule has 1 saturated heterocycles. The highest BCUT2D eigenvalue weighted by Gasteiger charge is 2.09. The molecule has 7 heteroatoms. The number of carbonyl (C=O) groups is 2. The molecule has 2 amide bonds. The van der Waals surface area contributed by atoms with Gasteiger partial charge in [-0.15, -0.1) is 0 Å². The zero-order chi connectivity index (χ0) is 15.5. The largest absolute Gasteiger partial charge is 0.460 e. The third kappa shape index (κ3) is 8.31. The predicted octanol–water partition coefficient (Wildman–Crippen LogP) is 0.127. The molecular formula is C14H25N3O4. The molecule has 0 aromatic heterocycles. The van der Waals surface area contributed by atoms with Crippen molar-refractivity contribution in [1.29, 1.82) is 0 Å². The van der Waals surface area contributed by atoms with Crippen molar-refractivity contribution < 1.29 is 19.1 Å². The normalized spacial score (nSPS) is 15.3. The Kier molecular flexibility index (Phi) is 8.45. The number of morpholine rings is 1. The molecule has 2 N–H and O–H groups in total. The molecule has 1 heterocycles. The first kappa shape index (κ1) is 17.5. The first-order valence-electron chi connectivity index (χ1n) is 7.24. The maximum atomic E-state index is 11.5. The SMILES string of the molecule is C=C(C)C(=O)OCCNC(=O)NCCCN1CCOCC1. The number of carbonyl (C=O) groups excluding carboxylic acids is 2. The van der Waals surface area contributed by atoms with Crippen LogP contribution in [0.5, 0.6) is 0 Å². The zero-order valence-electron chi connectivity index (χ0n) is 12.7. The molecule has 1 rings (SSSR count). The van der Waals surface area contributed by atoms with Crippen LogP contribution in [-0.2, 0) is 14.3 Å². The van der Waals surface area contributed by atoms with E-state index >= 15 is 0 Å². The van der Waals surface area contributed by atoms with E-state index in [2.05, 4.69) is 22.1 Å². The van der Waals surface area contributed by atoms with Crippen LogP contribution in [0, 0.1) is 0 Å². The van der Waals surface area contributed by atoms with Crippen LogP contribution >= 0.6 is 0 Å². The summed E-state index contributed by atoms with van der Waals surface area (Å²) in [6.45, 7) is 10.6. The lowest BCUT2D eigenvalue weighted by atomic mass is 10.3. The highest BCUT2D eigenvalue weighted by atomic mass is 16.5. The van der Waals surface area contributed by atoms with Crippen LogP contribution in [-0.4, -0.2) is 69.4 Å². The second kappa shape index (κ2) is 10.2. The Hall–Kier alpha value is -1.60. The van der Waals surface area contributed by atoms with Crippen molar-refractivity contribution in [1.82, 2.24) is 15.5 Å². The first-order chi connectivity index (χ1) is 10.1. The van der Waals surface area contributed by atoms with Gasteiger partial charge in [0, 0.05) is 25.2 Å². The number of hydrogen-bond donors (Lipinski definition) is 2. The van der Waals surface area contributed by atoms with E-state index in [9.17, 15) is 9.59 Å². The number of urea groups is 1. The fourth-order valence-corrected chi connectivity index (χ4v) is 1.82. The summed E-state index contributed by atoms with van der Waals surface area (Å²) in [5.74, 6) is -0.442. The van der Waals surface area contributed by atoms with Gasteiger partial charge in [-0.25, -0.2) is 9.59 Å². The highest BCUT2D eigenvalue weighted by molar-refractivity contribution is 5.86. The molecule has 120 valence electrons. The molecule has 1 fully saturated rings. The van der Waals surface area contributed by atoms with Crippen molar-refractivity contribution in [2.45, 2.75) is 13.3 Å².